The quantitative estimate of drug-likeness (QED) is 0.771. The fraction of sp³-hybridized carbons (Fsp3) is 0.267. The van der Waals surface area contributed by atoms with Gasteiger partial charge in [-0.2, -0.15) is 8.75 Å². The number of nitrogens with one attached hydrogen (secondary N) is 1. The van der Waals surface area contributed by atoms with E-state index in [0.29, 0.717) is 24.5 Å². The summed E-state index contributed by atoms with van der Waals surface area (Å²) >= 11 is 1.17. The van der Waals surface area contributed by atoms with Gasteiger partial charge in [0.2, 0.25) is 0 Å². The maximum Gasteiger partial charge on any atom is 0.274 e. The number of amides is 1. The number of benzene rings is 1. The Kier molecular flexibility index (Phi) is 4.42. The van der Waals surface area contributed by atoms with Crippen molar-refractivity contribution in [3.05, 3.63) is 58.7 Å². The Balaban J connectivity index is 1.68. The molecule has 0 bridgehead atoms. The van der Waals surface area contributed by atoms with Crippen LogP contribution in [-0.4, -0.2) is 29.6 Å². The van der Waals surface area contributed by atoms with E-state index in [-0.39, 0.29) is 5.91 Å². The van der Waals surface area contributed by atoms with Crippen LogP contribution in [0.15, 0.2) is 30.3 Å². The second-order valence-electron chi connectivity index (χ2n) is 5.15. The average Bonchev–Trinajstić information content (AvgIpc) is 3.13. The van der Waals surface area contributed by atoms with Crippen LogP contribution in [0.3, 0.4) is 0 Å². The summed E-state index contributed by atoms with van der Waals surface area (Å²) in [6, 6.07) is 9.74. The summed E-state index contributed by atoms with van der Waals surface area (Å²) in [7, 11) is 0. The first-order valence-corrected chi connectivity index (χ1v) is 7.88. The van der Waals surface area contributed by atoms with Crippen LogP contribution in [0.25, 0.3) is 0 Å². The van der Waals surface area contributed by atoms with Gasteiger partial charge in [-0.3, -0.25) is 4.79 Å². The Labute approximate surface area is 137 Å². The highest BCUT2D eigenvalue weighted by atomic mass is 32.1. The lowest BCUT2D eigenvalue weighted by atomic mass is 10.2. The molecule has 1 amide bonds. The molecule has 0 aliphatic heterocycles. The van der Waals surface area contributed by atoms with Crippen molar-refractivity contribution in [1.82, 2.24) is 29.1 Å². The van der Waals surface area contributed by atoms with E-state index in [1.165, 1.54) is 11.7 Å². The Morgan fingerprint density at radius 2 is 2.00 bits per heavy atom. The smallest absolute Gasteiger partial charge is 0.274 e. The number of carbonyl (C=O) groups is 1. The molecule has 0 fully saturated rings. The molecule has 23 heavy (non-hydrogen) atoms. The van der Waals surface area contributed by atoms with Gasteiger partial charge < -0.3 is 5.32 Å². The van der Waals surface area contributed by atoms with Gasteiger partial charge in [0.1, 0.15) is 0 Å². The fourth-order valence-electron chi connectivity index (χ4n) is 2.12. The zero-order chi connectivity index (χ0) is 16.2. The number of hydrogen-bond donors (Lipinski definition) is 1. The summed E-state index contributed by atoms with van der Waals surface area (Å²) in [5, 5.41) is 10.9. The molecule has 2 aromatic heterocycles. The predicted octanol–water partition coefficient (Wildman–Crippen LogP) is 1.72. The Morgan fingerprint density at radius 1 is 1.22 bits per heavy atom. The third-order valence-corrected chi connectivity index (χ3v) is 4.20. The zero-order valence-electron chi connectivity index (χ0n) is 12.9. The van der Waals surface area contributed by atoms with Crippen molar-refractivity contribution in [1.29, 1.82) is 0 Å². The first-order chi connectivity index (χ1) is 11.1. The largest absolute Gasteiger partial charge is 0.347 e. The van der Waals surface area contributed by atoms with E-state index in [2.05, 4.69) is 24.4 Å². The van der Waals surface area contributed by atoms with E-state index in [1.807, 2.05) is 44.2 Å². The minimum absolute atomic E-state index is 0.231. The number of nitrogens with zero attached hydrogens (tertiary/aromatic N) is 5. The van der Waals surface area contributed by atoms with Crippen molar-refractivity contribution in [2.75, 3.05) is 0 Å². The van der Waals surface area contributed by atoms with Gasteiger partial charge in [0.25, 0.3) is 5.91 Å². The molecule has 3 aromatic rings. The highest BCUT2D eigenvalue weighted by molar-refractivity contribution is 6.99. The van der Waals surface area contributed by atoms with Gasteiger partial charge in [-0.15, -0.1) is 5.10 Å². The number of rotatable bonds is 5. The molecule has 2 heterocycles. The fourth-order valence-corrected chi connectivity index (χ4v) is 2.67. The first-order valence-electron chi connectivity index (χ1n) is 7.15. The van der Waals surface area contributed by atoms with Crippen LogP contribution in [-0.2, 0) is 13.1 Å². The molecule has 0 unspecified atom stereocenters. The highest BCUT2D eigenvalue weighted by Gasteiger charge is 2.17. The molecule has 118 valence electrons. The standard InChI is InChI=1S/C15H16N6OS/c1-10-13(19-23-18-10)9-21-11(2)14(17-20-21)15(22)16-8-12-6-4-3-5-7-12/h3-7H,8-9H2,1-2H3,(H,16,22). The van der Waals surface area contributed by atoms with Crippen LogP contribution < -0.4 is 5.32 Å². The minimum atomic E-state index is -0.231. The molecule has 0 aliphatic rings. The minimum Gasteiger partial charge on any atom is -0.347 e. The van der Waals surface area contributed by atoms with Crippen molar-refractivity contribution in [3.8, 4) is 0 Å². The van der Waals surface area contributed by atoms with Gasteiger partial charge in [0.15, 0.2) is 5.69 Å². The monoisotopic (exact) mass is 328 g/mol. The molecule has 0 spiro atoms. The average molecular weight is 328 g/mol. The molecule has 8 heteroatoms. The molecule has 0 saturated heterocycles. The molecule has 0 atom stereocenters. The molecule has 1 aromatic carbocycles. The van der Waals surface area contributed by atoms with Crippen LogP contribution in [0.4, 0.5) is 0 Å². The summed E-state index contributed by atoms with van der Waals surface area (Å²) in [6.45, 7) is 4.65. The van der Waals surface area contributed by atoms with E-state index < -0.39 is 0 Å². The van der Waals surface area contributed by atoms with E-state index in [9.17, 15) is 4.79 Å². The van der Waals surface area contributed by atoms with Gasteiger partial charge in [-0.25, -0.2) is 4.68 Å². The number of aryl methyl sites for hydroxylation is 1. The number of carbonyl (C=O) groups excluding carboxylic acids is 1. The van der Waals surface area contributed by atoms with Gasteiger partial charge in [-0.1, -0.05) is 35.5 Å². The summed E-state index contributed by atoms with van der Waals surface area (Å²) in [6.07, 6.45) is 0. The lowest BCUT2D eigenvalue weighted by molar-refractivity contribution is 0.0945. The van der Waals surface area contributed by atoms with Crippen LogP contribution in [0, 0.1) is 13.8 Å². The van der Waals surface area contributed by atoms with Gasteiger partial charge in [-0.05, 0) is 19.4 Å². The second kappa shape index (κ2) is 6.66. The van der Waals surface area contributed by atoms with E-state index >= 15 is 0 Å². The molecule has 0 saturated carbocycles. The van der Waals surface area contributed by atoms with Crippen molar-refractivity contribution >= 4 is 17.6 Å². The van der Waals surface area contributed by atoms with E-state index in [0.717, 1.165) is 17.0 Å². The van der Waals surface area contributed by atoms with Crippen LogP contribution in [0.1, 0.15) is 33.1 Å². The number of aromatic nitrogens is 5. The molecular formula is C15H16N6OS. The highest BCUT2D eigenvalue weighted by Crippen LogP contribution is 2.10. The SMILES string of the molecule is Cc1nsnc1Cn1nnc(C(=O)NCc2ccccc2)c1C. The topological polar surface area (TPSA) is 85.6 Å². The molecule has 3 rings (SSSR count). The van der Waals surface area contributed by atoms with Crippen molar-refractivity contribution in [3.63, 3.8) is 0 Å². The normalized spacial score (nSPS) is 10.7. The van der Waals surface area contributed by atoms with E-state index in [1.54, 1.807) is 4.68 Å². The lowest BCUT2D eigenvalue weighted by Crippen LogP contribution is -2.24. The molecule has 0 aliphatic carbocycles. The Bertz CT molecular complexity index is 810. The second-order valence-corrected chi connectivity index (χ2v) is 5.67. The van der Waals surface area contributed by atoms with Crippen LogP contribution in [0.5, 0.6) is 0 Å². The molecule has 0 radical (unpaired) electrons. The number of hydrogen-bond acceptors (Lipinski definition) is 6. The van der Waals surface area contributed by atoms with E-state index in [4.69, 9.17) is 0 Å². The third kappa shape index (κ3) is 3.42. The zero-order valence-corrected chi connectivity index (χ0v) is 13.7. The summed E-state index contributed by atoms with van der Waals surface area (Å²) in [5.74, 6) is -0.231. The van der Waals surface area contributed by atoms with Crippen molar-refractivity contribution in [2.45, 2.75) is 26.9 Å². The van der Waals surface area contributed by atoms with Gasteiger partial charge in [0.05, 0.1) is 35.4 Å². The van der Waals surface area contributed by atoms with Crippen molar-refractivity contribution < 1.29 is 4.79 Å². The Morgan fingerprint density at radius 3 is 2.70 bits per heavy atom. The van der Waals surface area contributed by atoms with Gasteiger partial charge >= 0.3 is 0 Å². The maximum absolute atomic E-state index is 12.3. The molecule has 1 N–H and O–H groups in total. The summed E-state index contributed by atoms with van der Waals surface area (Å²) in [4.78, 5) is 12.3. The molecular weight excluding hydrogens is 312 g/mol. The maximum atomic E-state index is 12.3. The summed E-state index contributed by atoms with van der Waals surface area (Å²) < 4.78 is 10.0. The van der Waals surface area contributed by atoms with Crippen LogP contribution >= 0.6 is 11.7 Å². The first kappa shape index (κ1) is 15.3. The predicted molar refractivity (Wildman–Crippen MR) is 86.1 cm³/mol. The molecule has 7 nitrogen and oxygen atoms in total. The van der Waals surface area contributed by atoms with Crippen molar-refractivity contribution in [2.24, 2.45) is 0 Å². The third-order valence-electron chi connectivity index (χ3n) is 3.54. The Hall–Kier alpha value is -2.61. The summed E-state index contributed by atoms with van der Waals surface area (Å²) in [5.41, 5.74) is 3.80. The van der Waals surface area contributed by atoms with Crippen LogP contribution in [0.2, 0.25) is 0 Å². The van der Waals surface area contributed by atoms with Gasteiger partial charge in [0, 0.05) is 6.54 Å². The lowest BCUT2D eigenvalue weighted by Gasteiger charge is -2.04.